The van der Waals surface area contributed by atoms with Crippen LogP contribution >= 0.6 is 0 Å². The molecule has 5 heteroatoms. The number of carbonyl (C=O) groups is 1. The molecule has 1 aliphatic rings. The first-order valence-electron chi connectivity index (χ1n) is 7.90. The van der Waals surface area contributed by atoms with E-state index in [1.165, 1.54) is 19.3 Å². The number of nitrogens with one attached hydrogen (secondary N) is 2. The molecule has 0 aromatic heterocycles. The third kappa shape index (κ3) is 6.09. The highest BCUT2D eigenvalue weighted by molar-refractivity contribution is 5.73. The SMILES string of the molecule is CCCC(O)CNC(=O)NCC(C)(C)N1CCCCC1. The van der Waals surface area contributed by atoms with E-state index >= 15 is 0 Å². The predicted octanol–water partition coefficient (Wildman–Crippen LogP) is 1.71. The van der Waals surface area contributed by atoms with Crippen LogP contribution < -0.4 is 10.6 Å². The van der Waals surface area contributed by atoms with Crippen LogP contribution in [-0.2, 0) is 0 Å². The summed E-state index contributed by atoms with van der Waals surface area (Å²) in [6.07, 6.45) is 5.01. The Bertz CT molecular complexity index is 289. The maximum atomic E-state index is 11.7. The van der Waals surface area contributed by atoms with Crippen molar-refractivity contribution in [2.75, 3.05) is 26.2 Å². The molecule has 20 heavy (non-hydrogen) atoms. The molecule has 1 unspecified atom stereocenters. The third-order valence-electron chi connectivity index (χ3n) is 4.01. The first-order chi connectivity index (χ1) is 9.45. The van der Waals surface area contributed by atoms with Gasteiger partial charge in [0.2, 0.25) is 0 Å². The van der Waals surface area contributed by atoms with Crippen LogP contribution in [-0.4, -0.2) is 53.9 Å². The van der Waals surface area contributed by atoms with Gasteiger partial charge in [0, 0.05) is 18.6 Å². The summed E-state index contributed by atoms with van der Waals surface area (Å²) in [7, 11) is 0. The average molecular weight is 285 g/mol. The van der Waals surface area contributed by atoms with Gasteiger partial charge < -0.3 is 15.7 Å². The predicted molar refractivity (Wildman–Crippen MR) is 81.8 cm³/mol. The van der Waals surface area contributed by atoms with E-state index in [2.05, 4.69) is 29.4 Å². The van der Waals surface area contributed by atoms with Crippen molar-refractivity contribution in [1.29, 1.82) is 0 Å². The van der Waals surface area contributed by atoms with Crippen molar-refractivity contribution in [3.05, 3.63) is 0 Å². The van der Waals surface area contributed by atoms with Gasteiger partial charge in [-0.2, -0.15) is 0 Å². The van der Waals surface area contributed by atoms with Crippen LogP contribution in [0.1, 0.15) is 52.9 Å². The van der Waals surface area contributed by atoms with Gasteiger partial charge in [-0.25, -0.2) is 4.79 Å². The van der Waals surface area contributed by atoms with Crippen LogP contribution in [0.4, 0.5) is 4.79 Å². The molecule has 3 N–H and O–H groups in total. The smallest absolute Gasteiger partial charge is 0.314 e. The fourth-order valence-corrected chi connectivity index (χ4v) is 2.62. The van der Waals surface area contributed by atoms with Crippen molar-refractivity contribution in [2.24, 2.45) is 0 Å². The molecule has 0 bridgehead atoms. The molecule has 0 saturated carbocycles. The van der Waals surface area contributed by atoms with E-state index in [9.17, 15) is 9.90 Å². The second kappa shape index (κ2) is 8.47. The van der Waals surface area contributed by atoms with Crippen molar-refractivity contribution >= 4 is 6.03 Å². The molecule has 118 valence electrons. The van der Waals surface area contributed by atoms with E-state index in [0.717, 1.165) is 25.9 Å². The molecule has 5 nitrogen and oxygen atoms in total. The Balaban J connectivity index is 2.24. The van der Waals surface area contributed by atoms with E-state index in [0.29, 0.717) is 13.1 Å². The Morgan fingerprint density at radius 3 is 2.50 bits per heavy atom. The quantitative estimate of drug-likeness (QED) is 0.667. The second-order valence-electron chi connectivity index (χ2n) is 6.37. The van der Waals surface area contributed by atoms with Gasteiger partial charge in [0.1, 0.15) is 0 Å². The minimum Gasteiger partial charge on any atom is -0.391 e. The molecule has 0 aromatic rings. The molecule has 1 saturated heterocycles. The summed E-state index contributed by atoms with van der Waals surface area (Å²) in [5.74, 6) is 0. The molecule has 1 atom stereocenters. The summed E-state index contributed by atoms with van der Waals surface area (Å²) >= 11 is 0. The van der Waals surface area contributed by atoms with Crippen molar-refractivity contribution in [1.82, 2.24) is 15.5 Å². The molecule has 1 aliphatic heterocycles. The van der Waals surface area contributed by atoms with Crippen LogP contribution in [0.2, 0.25) is 0 Å². The lowest BCUT2D eigenvalue weighted by atomic mass is 9.98. The number of piperidine rings is 1. The molecule has 1 rings (SSSR count). The first kappa shape index (κ1) is 17.2. The summed E-state index contributed by atoms with van der Waals surface area (Å²) < 4.78 is 0. The maximum Gasteiger partial charge on any atom is 0.314 e. The van der Waals surface area contributed by atoms with Crippen molar-refractivity contribution in [2.45, 2.75) is 64.5 Å². The number of hydrogen-bond acceptors (Lipinski definition) is 3. The van der Waals surface area contributed by atoms with Gasteiger partial charge >= 0.3 is 6.03 Å². The van der Waals surface area contributed by atoms with Gasteiger partial charge in [0.05, 0.1) is 6.10 Å². The number of aliphatic hydroxyl groups is 1. The average Bonchev–Trinajstić information content (AvgIpc) is 2.44. The van der Waals surface area contributed by atoms with Gasteiger partial charge in [0.25, 0.3) is 0 Å². The molecule has 2 amide bonds. The zero-order chi connectivity index (χ0) is 15.0. The summed E-state index contributed by atoms with van der Waals surface area (Å²) in [6.45, 7) is 9.54. The van der Waals surface area contributed by atoms with E-state index in [1.54, 1.807) is 0 Å². The fourth-order valence-electron chi connectivity index (χ4n) is 2.62. The number of aliphatic hydroxyl groups excluding tert-OH is 1. The zero-order valence-corrected chi connectivity index (χ0v) is 13.2. The molecule has 0 spiro atoms. The monoisotopic (exact) mass is 285 g/mol. The van der Waals surface area contributed by atoms with E-state index in [1.807, 2.05) is 6.92 Å². The summed E-state index contributed by atoms with van der Waals surface area (Å²) in [4.78, 5) is 14.2. The number of likely N-dealkylation sites (tertiary alicyclic amines) is 1. The minimum atomic E-state index is -0.444. The maximum absolute atomic E-state index is 11.7. The molecule has 1 fully saturated rings. The first-order valence-corrected chi connectivity index (χ1v) is 7.90. The molecular weight excluding hydrogens is 254 g/mol. The molecule has 0 radical (unpaired) electrons. The van der Waals surface area contributed by atoms with Crippen LogP contribution in [0.5, 0.6) is 0 Å². The number of urea groups is 1. The van der Waals surface area contributed by atoms with E-state index < -0.39 is 6.10 Å². The molecule has 1 heterocycles. The van der Waals surface area contributed by atoms with Crippen LogP contribution in [0.3, 0.4) is 0 Å². The van der Waals surface area contributed by atoms with Crippen molar-refractivity contribution < 1.29 is 9.90 Å². The number of hydrogen-bond donors (Lipinski definition) is 3. The highest BCUT2D eigenvalue weighted by Crippen LogP contribution is 2.19. The van der Waals surface area contributed by atoms with Gasteiger partial charge in [-0.3, -0.25) is 4.90 Å². The fraction of sp³-hybridized carbons (Fsp3) is 0.933. The summed E-state index contributed by atoms with van der Waals surface area (Å²) in [5, 5.41) is 15.2. The Morgan fingerprint density at radius 2 is 1.90 bits per heavy atom. The normalized spacial score (nSPS) is 18.6. The Labute approximate surface area is 123 Å². The Kier molecular flexibility index (Phi) is 7.30. The third-order valence-corrected chi connectivity index (χ3v) is 4.01. The number of carbonyl (C=O) groups excluding carboxylic acids is 1. The largest absolute Gasteiger partial charge is 0.391 e. The van der Waals surface area contributed by atoms with Crippen molar-refractivity contribution in [3.8, 4) is 0 Å². The number of nitrogens with zero attached hydrogens (tertiary/aromatic N) is 1. The molecular formula is C15H31N3O2. The van der Waals surface area contributed by atoms with Crippen LogP contribution in [0.15, 0.2) is 0 Å². The summed E-state index contributed by atoms with van der Waals surface area (Å²) in [5.41, 5.74) is -0.0141. The van der Waals surface area contributed by atoms with Crippen molar-refractivity contribution in [3.63, 3.8) is 0 Å². The van der Waals surface area contributed by atoms with E-state index in [4.69, 9.17) is 0 Å². The Morgan fingerprint density at radius 1 is 1.25 bits per heavy atom. The van der Waals surface area contributed by atoms with Gasteiger partial charge in [-0.1, -0.05) is 19.8 Å². The van der Waals surface area contributed by atoms with Crippen LogP contribution in [0, 0.1) is 0 Å². The number of rotatable bonds is 7. The standard InChI is InChI=1S/C15H31N3O2/c1-4-8-13(19)11-16-14(20)17-12-15(2,3)18-9-6-5-7-10-18/h13,19H,4-12H2,1-3H3,(H2,16,17,20). The number of amides is 2. The molecule has 0 aliphatic carbocycles. The highest BCUT2D eigenvalue weighted by atomic mass is 16.3. The second-order valence-corrected chi connectivity index (χ2v) is 6.37. The minimum absolute atomic E-state index is 0.0141. The van der Waals surface area contributed by atoms with Gasteiger partial charge in [-0.15, -0.1) is 0 Å². The lowest BCUT2D eigenvalue weighted by molar-refractivity contribution is 0.0956. The molecule has 0 aromatic carbocycles. The van der Waals surface area contributed by atoms with E-state index in [-0.39, 0.29) is 11.6 Å². The van der Waals surface area contributed by atoms with Gasteiger partial charge in [0.15, 0.2) is 0 Å². The zero-order valence-electron chi connectivity index (χ0n) is 13.2. The highest BCUT2D eigenvalue weighted by Gasteiger charge is 2.28. The van der Waals surface area contributed by atoms with Gasteiger partial charge in [-0.05, 0) is 46.2 Å². The lowest BCUT2D eigenvalue weighted by Crippen LogP contribution is -2.54. The topological polar surface area (TPSA) is 64.6 Å². The lowest BCUT2D eigenvalue weighted by Gasteiger charge is -2.41. The van der Waals surface area contributed by atoms with Crippen LogP contribution in [0.25, 0.3) is 0 Å². The summed E-state index contributed by atoms with van der Waals surface area (Å²) in [6, 6.07) is -0.190. The Hall–Kier alpha value is -0.810.